The summed E-state index contributed by atoms with van der Waals surface area (Å²) >= 11 is 1.67. The van der Waals surface area contributed by atoms with Crippen LogP contribution in [0.15, 0.2) is 5.38 Å². The van der Waals surface area contributed by atoms with Crippen LogP contribution in [-0.2, 0) is 6.42 Å². The molecule has 1 aromatic heterocycles. The maximum atomic E-state index is 5.50. The fourth-order valence-corrected chi connectivity index (χ4v) is 3.62. The van der Waals surface area contributed by atoms with E-state index in [1.54, 1.807) is 11.3 Å². The minimum absolute atomic E-state index is 0.410. The minimum atomic E-state index is 0.410. The standard InChI is InChI=1S/C17H28O2S/c1-2-3-4-5-6-7-8-9-10-11-12-15-13-20-17-16(15)18-14-19-17/h13H,2-12,14H2,1H3. The van der Waals surface area contributed by atoms with E-state index in [1.165, 1.54) is 69.8 Å². The first-order valence-corrected chi connectivity index (χ1v) is 9.15. The summed E-state index contributed by atoms with van der Waals surface area (Å²) in [7, 11) is 0. The van der Waals surface area contributed by atoms with E-state index in [0.717, 1.165) is 17.2 Å². The number of aryl methyl sites for hydroxylation is 1. The van der Waals surface area contributed by atoms with Crippen LogP contribution in [0.25, 0.3) is 0 Å². The highest BCUT2D eigenvalue weighted by Gasteiger charge is 2.19. The smallest absolute Gasteiger partial charge is 0.232 e. The largest absolute Gasteiger partial charge is 0.452 e. The van der Waals surface area contributed by atoms with Crippen molar-refractivity contribution in [1.29, 1.82) is 0 Å². The van der Waals surface area contributed by atoms with E-state index < -0.39 is 0 Å². The van der Waals surface area contributed by atoms with Crippen molar-refractivity contribution >= 4 is 11.3 Å². The van der Waals surface area contributed by atoms with Gasteiger partial charge in [0.2, 0.25) is 11.9 Å². The lowest BCUT2D eigenvalue weighted by Crippen LogP contribution is -1.95. The molecule has 0 spiro atoms. The SMILES string of the molecule is CCCCCCCCCCCCc1csc2c1OCO2. The van der Waals surface area contributed by atoms with Crippen LogP contribution < -0.4 is 9.47 Å². The zero-order chi connectivity index (χ0) is 14.0. The zero-order valence-corrected chi connectivity index (χ0v) is 13.6. The normalized spacial score (nSPS) is 13.1. The van der Waals surface area contributed by atoms with Crippen LogP contribution in [0.4, 0.5) is 0 Å². The quantitative estimate of drug-likeness (QED) is 0.470. The molecule has 0 aliphatic carbocycles. The van der Waals surface area contributed by atoms with Gasteiger partial charge in [0.05, 0.1) is 0 Å². The van der Waals surface area contributed by atoms with E-state index in [-0.39, 0.29) is 0 Å². The third-order valence-electron chi connectivity index (χ3n) is 3.98. The molecule has 1 aromatic rings. The summed E-state index contributed by atoms with van der Waals surface area (Å²) in [5.41, 5.74) is 1.35. The molecule has 0 N–H and O–H groups in total. The Morgan fingerprint density at radius 2 is 1.55 bits per heavy atom. The molecule has 20 heavy (non-hydrogen) atoms. The highest BCUT2D eigenvalue weighted by atomic mass is 32.1. The Morgan fingerprint density at radius 3 is 2.25 bits per heavy atom. The van der Waals surface area contributed by atoms with Crippen molar-refractivity contribution in [3.05, 3.63) is 10.9 Å². The van der Waals surface area contributed by atoms with Crippen LogP contribution >= 0.6 is 11.3 Å². The first kappa shape index (κ1) is 15.7. The van der Waals surface area contributed by atoms with Crippen molar-refractivity contribution in [3.8, 4) is 10.8 Å². The number of unbranched alkanes of at least 4 members (excludes halogenated alkanes) is 9. The molecule has 0 bridgehead atoms. The van der Waals surface area contributed by atoms with Gasteiger partial charge in [-0.2, -0.15) is 0 Å². The molecule has 0 radical (unpaired) electrons. The van der Waals surface area contributed by atoms with Crippen molar-refractivity contribution < 1.29 is 9.47 Å². The molecule has 2 heterocycles. The number of hydrogen-bond donors (Lipinski definition) is 0. The van der Waals surface area contributed by atoms with Gasteiger partial charge in [0, 0.05) is 10.9 Å². The molecule has 1 aliphatic heterocycles. The molecule has 3 heteroatoms. The van der Waals surface area contributed by atoms with Gasteiger partial charge >= 0.3 is 0 Å². The second kappa shape index (κ2) is 9.28. The topological polar surface area (TPSA) is 18.5 Å². The molecule has 1 aliphatic rings. The average molecular weight is 296 g/mol. The summed E-state index contributed by atoms with van der Waals surface area (Å²) in [6.45, 7) is 2.69. The summed E-state index contributed by atoms with van der Waals surface area (Å²) in [6.07, 6.45) is 15.1. The fourth-order valence-electron chi connectivity index (χ4n) is 2.73. The molecule has 0 amide bonds. The number of hydrogen-bond acceptors (Lipinski definition) is 3. The second-order valence-electron chi connectivity index (χ2n) is 5.72. The van der Waals surface area contributed by atoms with Crippen LogP contribution in [0.5, 0.6) is 10.8 Å². The summed E-state index contributed by atoms with van der Waals surface area (Å²) in [4.78, 5) is 0. The molecule has 0 fully saturated rings. The van der Waals surface area contributed by atoms with Gasteiger partial charge in [-0.1, -0.05) is 64.7 Å². The van der Waals surface area contributed by atoms with Crippen LogP contribution in [0.3, 0.4) is 0 Å². The van der Waals surface area contributed by atoms with Gasteiger partial charge in [-0.25, -0.2) is 0 Å². The summed E-state index contributed by atoms with van der Waals surface area (Å²) < 4.78 is 10.9. The summed E-state index contributed by atoms with van der Waals surface area (Å²) in [5, 5.41) is 3.17. The number of thiophene rings is 1. The predicted molar refractivity (Wildman–Crippen MR) is 86.0 cm³/mol. The number of ether oxygens (including phenoxy) is 2. The van der Waals surface area contributed by atoms with Crippen LogP contribution in [0, 0.1) is 0 Å². The van der Waals surface area contributed by atoms with Crippen molar-refractivity contribution in [2.24, 2.45) is 0 Å². The van der Waals surface area contributed by atoms with Crippen LogP contribution in [0.1, 0.15) is 76.7 Å². The molecule has 2 nitrogen and oxygen atoms in total. The zero-order valence-electron chi connectivity index (χ0n) is 12.8. The van der Waals surface area contributed by atoms with Gasteiger partial charge in [-0.3, -0.25) is 0 Å². The molecule has 0 saturated heterocycles. The van der Waals surface area contributed by atoms with Crippen molar-refractivity contribution in [3.63, 3.8) is 0 Å². The Bertz CT molecular complexity index is 373. The van der Waals surface area contributed by atoms with Crippen molar-refractivity contribution in [1.82, 2.24) is 0 Å². The van der Waals surface area contributed by atoms with E-state index in [2.05, 4.69) is 12.3 Å². The van der Waals surface area contributed by atoms with Crippen LogP contribution in [0.2, 0.25) is 0 Å². The van der Waals surface area contributed by atoms with Gasteiger partial charge in [0.15, 0.2) is 5.75 Å². The van der Waals surface area contributed by atoms with Gasteiger partial charge in [-0.05, 0) is 12.8 Å². The van der Waals surface area contributed by atoms with E-state index >= 15 is 0 Å². The first-order chi connectivity index (χ1) is 9.92. The molecule has 2 rings (SSSR count). The Labute approximate surface area is 127 Å². The third kappa shape index (κ3) is 5.01. The Balaban J connectivity index is 1.44. The minimum Gasteiger partial charge on any atom is -0.452 e. The van der Waals surface area contributed by atoms with Gasteiger partial charge < -0.3 is 9.47 Å². The van der Waals surface area contributed by atoms with Gasteiger partial charge in [0.25, 0.3) is 0 Å². The molecular formula is C17H28O2S. The highest BCUT2D eigenvalue weighted by molar-refractivity contribution is 7.12. The van der Waals surface area contributed by atoms with Gasteiger partial charge in [-0.15, -0.1) is 11.3 Å². The Morgan fingerprint density at radius 1 is 0.900 bits per heavy atom. The summed E-state index contributed by atoms with van der Waals surface area (Å²) in [5.74, 6) is 1.02. The molecule has 0 saturated carbocycles. The lowest BCUT2D eigenvalue weighted by atomic mass is 10.0. The highest BCUT2D eigenvalue weighted by Crippen LogP contribution is 2.42. The van der Waals surface area contributed by atoms with E-state index in [0.29, 0.717) is 6.79 Å². The molecule has 0 aromatic carbocycles. The van der Waals surface area contributed by atoms with Crippen molar-refractivity contribution in [2.75, 3.05) is 6.79 Å². The van der Waals surface area contributed by atoms with E-state index in [4.69, 9.17) is 9.47 Å². The molecule has 114 valence electrons. The maximum absolute atomic E-state index is 5.50. The maximum Gasteiger partial charge on any atom is 0.232 e. The lowest BCUT2D eigenvalue weighted by Gasteiger charge is -2.03. The predicted octanol–water partition coefficient (Wildman–Crippen LogP) is 5.94. The Hall–Kier alpha value is -0.700. The van der Waals surface area contributed by atoms with E-state index in [1.807, 2.05) is 0 Å². The van der Waals surface area contributed by atoms with E-state index in [9.17, 15) is 0 Å². The first-order valence-electron chi connectivity index (χ1n) is 8.27. The Kier molecular flexibility index (Phi) is 7.27. The van der Waals surface area contributed by atoms with Gasteiger partial charge in [0.1, 0.15) is 0 Å². The monoisotopic (exact) mass is 296 g/mol. The second-order valence-corrected chi connectivity index (χ2v) is 6.56. The van der Waals surface area contributed by atoms with Crippen LogP contribution in [-0.4, -0.2) is 6.79 Å². The van der Waals surface area contributed by atoms with Crippen molar-refractivity contribution in [2.45, 2.75) is 77.6 Å². The lowest BCUT2D eigenvalue weighted by molar-refractivity contribution is 0.175. The average Bonchev–Trinajstić information content (AvgIpc) is 3.05. The molecule has 0 atom stereocenters. The molecular weight excluding hydrogens is 268 g/mol. The summed E-state index contributed by atoms with van der Waals surface area (Å²) in [6, 6.07) is 0. The third-order valence-corrected chi connectivity index (χ3v) is 4.90. The number of fused-ring (bicyclic) bond motifs is 1. The fraction of sp³-hybridized carbons (Fsp3) is 0.765. The number of rotatable bonds is 11. The molecule has 0 unspecified atom stereocenters.